The topological polar surface area (TPSA) is 65.0 Å². The maximum Gasteiger partial charge on any atom is 0.236 e. The summed E-state index contributed by atoms with van der Waals surface area (Å²) >= 11 is 0. The fourth-order valence-electron chi connectivity index (χ4n) is 4.01. The number of rotatable bonds is 4. The van der Waals surface area contributed by atoms with Crippen LogP contribution in [0.1, 0.15) is 16.7 Å². The van der Waals surface area contributed by atoms with E-state index in [0.717, 1.165) is 43.1 Å². The summed E-state index contributed by atoms with van der Waals surface area (Å²) in [5, 5.41) is 3.24. The molecular formula is C21H26N4O2S. The molecule has 0 aliphatic carbocycles. The first kappa shape index (κ1) is 18.8. The van der Waals surface area contributed by atoms with E-state index in [1.165, 1.54) is 11.1 Å². The highest BCUT2D eigenvalue weighted by Gasteiger charge is 2.29. The predicted octanol–water partition coefficient (Wildman–Crippen LogP) is 2.01. The predicted molar refractivity (Wildman–Crippen MR) is 113 cm³/mol. The molecule has 2 aliphatic heterocycles. The Hall–Kier alpha value is -2.54. The van der Waals surface area contributed by atoms with Crippen molar-refractivity contribution < 1.29 is 8.42 Å². The van der Waals surface area contributed by atoms with Gasteiger partial charge in [0.1, 0.15) is 0 Å². The maximum absolute atomic E-state index is 12.8. The summed E-state index contributed by atoms with van der Waals surface area (Å²) in [5.41, 5.74) is 4.60. The van der Waals surface area contributed by atoms with Gasteiger partial charge in [0.2, 0.25) is 10.0 Å². The molecule has 0 aromatic heterocycles. The Kier molecular flexibility index (Phi) is 5.26. The summed E-state index contributed by atoms with van der Waals surface area (Å²) in [6.45, 7) is 2.54. The smallest absolute Gasteiger partial charge is 0.236 e. The van der Waals surface area contributed by atoms with Crippen LogP contribution in [0, 0.1) is 0 Å². The molecule has 0 saturated heterocycles. The van der Waals surface area contributed by atoms with Crippen LogP contribution in [0.25, 0.3) is 0 Å². The van der Waals surface area contributed by atoms with E-state index < -0.39 is 10.0 Å². The second-order valence-electron chi connectivity index (χ2n) is 7.18. The summed E-state index contributed by atoms with van der Waals surface area (Å²) in [6.07, 6.45) is 1.75. The minimum Gasteiger partial charge on any atom is -0.355 e. The fourth-order valence-corrected chi connectivity index (χ4v) is 5.44. The molecule has 0 atom stereocenters. The number of para-hydroxylation sites is 1. The summed E-state index contributed by atoms with van der Waals surface area (Å²) in [7, 11) is -1.62. The number of nitrogens with zero attached hydrogens (tertiary/aromatic N) is 3. The van der Waals surface area contributed by atoms with Crippen LogP contribution in [-0.4, -0.2) is 51.7 Å². The van der Waals surface area contributed by atoms with Gasteiger partial charge in [-0.2, -0.15) is 0 Å². The van der Waals surface area contributed by atoms with E-state index >= 15 is 0 Å². The first-order valence-electron chi connectivity index (χ1n) is 9.69. The summed E-state index contributed by atoms with van der Waals surface area (Å²) in [5.74, 6) is 0.802. The Bertz CT molecular complexity index is 987. The minimum atomic E-state index is -3.36. The van der Waals surface area contributed by atoms with E-state index in [4.69, 9.17) is 0 Å². The SMILES string of the molecule is CN=C(NCCS(=O)(=O)N1CCc2ccccc21)N1CCc2ccccc2C1. The minimum absolute atomic E-state index is 0.0464. The van der Waals surface area contributed by atoms with Gasteiger partial charge in [-0.05, 0) is 35.6 Å². The van der Waals surface area contributed by atoms with Crippen LogP contribution in [-0.2, 0) is 29.4 Å². The number of benzene rings is 2. The molecule has 0 radical (unpaired) electrons. The molecule has 2 aromatic rings. The molecule has 1 N–H and O–H groups in total. The van der Waals surface area contributed by atoms with Crippen molar-refractivity contribution >= 4 is 21.7 Å². The van der Waals surface area contributed by atoms with Crippen LogP contribution in [0.4, 0.5) is 5.69 Å². The van der Waals surface area contributed by atoms with Crippen molar-refractivity contribution in [3.05, 3.63) is 65.2 Å². The summed E-state index contributed by atoms with van der Waals surface area (Å²) in [4.78, 5) is 6.54. The van der Waals surface area contributed by atoms with Gasteiger partial charge in [-0.15, -0.1) is 0 Å². The van der Waals surface area contributed by atoms with Crippen LogP contribution < -0.4 is 9.62 Å². The van der Waals surface area contributed by atoms with Gasteiger partial charge in [0.15, 0.2) is 5.96 Å². The quantitative estimate of drug-likeness (QED) is 0.632. The Morgan fingerprint density at radius 1 is 1.00 bits per heavy atom. The van der Waals surface area contributed by atoms with Crippen molar-refractivity contribution in [3.63, 3.8) is 0 Å². The zero-order valence-electron chi connectivity index (χ0n) is 16.1. The van der Waals surface area contributed by atoms with Crippen molar-refractivity contribution in [2.24, 2.45) is 4.99 Å². The van der Waals surface area contributed by atoms with Gasteiger partial charge in [-0.3, -0.25) is 9.30 Å². The van der Waals surface area contributed by atoms with Crippen LogP contribution in [0.2, 0.25) is 0 Å². The molecule has 0 spiro atoms. The molecule has 0 unspecified atom stereocenters. The van der Waals surface area contributed by atoms with Crippen LogP contribution >= 0.6 is 0 Å². The molecule has 4 rings (SSSR count). The molecule has 28 heavy (non-hydrogen) atoms. The molecule has 2 aliphatic rings. The molecule has 0 bridgehead atoms. The van der Waals surface area contributed by atoms with Crippen LogP contribution in [0.15, 0.2) is 53.5 Å². The van der Waals surface area contributed by atoms with Gasteiger partial charge in [0, 0.05) is 33.2 Å². The number of guanidine groups is 1. The second-order valence-corrected chi connectivity index (χ2v) is 9.19. The van der Waals surface area contributed by atoms with Crippen molar-refractivity contribution in [1.82, 2.24) is 10.2 Å². The van der Waals surface area contributed by atoms with Crippen molar-refractivity contribution in [2.75, 3.05) is 36.7 Å². The molecule has 2 heterocycles. The molecule has 0 amide bonds. The van der Waals surface area contributed by atoms with Crippen molar-refractivity contribution in [2.45, 2.75) is 19.4 Å². The highest BCUT2D eigenvalue weighted by atomic mass is 32.2. The number of sulfonamides is 1. The summed E-state index contributed by atoms with van der Waals surface area (Å²) < 4.78 is 27.2. The van der Waals surface area contributed by atoms with Gasteiger partial charge < -0.3 is 10.2 Å². The lowest BCUT2D eigenvalue weighted by Gasteiger charge is -2.31. The van der Waals surface area contributed by atoms with Crippen LogP contribution in [0.5, 0.6) is 0 Å². The van der Waals surface area contributed by atoms with Crippen molar-refractivity contribution in [1.29, 1.82) is 0 Å². The standard InChI is InChI=1S/C21H26N4O2S/c1-22-21(24-13-10-17-6-2-3-8-19(17)16-24)23-12-15-28(26,27)25-14-11-18-7-4-5-9-20(18)25/h2-9H,10-16H2,1H3,(H,22,23). The Labute approximate surface area is 166 Å². The monoisotopic (exact) mass is 398 g/mol. The molecule has 6 nitrogen and oxygen atoms in total. The van der Waals surface area contributed by atoms with E-state index in [1.807, 2.05) is 24.3 Å². The lowest BCUT2D eigenvalue weighted by Crippen LogP contribution is -2.46. The third-order valence-corrected chi connectivity index (χ3v) is 7.24. The molecule has 0 saturated carbocycles. The number of nitrogens with one attached hydrogen (secondary N) is 1. The first-order chi connectivity index (χ1) is 13.6. The second kappa shape index (κ2) is 7.83. The van der Waals surface area contributed by atoms with E-state index in [9.17, 15) is 8.42 Å². The van der Waals surface area contributed by atoms with E-state index in [2.05, 4.69) is 39.5 Å². The highest BCUT2D eigenvalue weighted by molar-refractivity contribution is 7.92. The van der Waals surface area contributed by atoms with Gasteiger partial charge in [-0.25, -0.2) is 8.42 Å². The number of anilines is 1. The van der Waals surface area contributed by atoms with E-state index in [1.54, 1.807) is 11.4 Å². The number of hydrogen-bond acceptors (Lipinski definition) is 3. The van der Waals surface area contributed by atoms with Crippen molar-refractivity contribution in [3.8, 4) is 0 Å². The molecule has 148 valence electrons. The third-order valence-electron chi connectivity index (χ3n) is 5.47. The zero-order valence-corrected chi connectivity index (χ0v) is 17.0. The number of aliphatic imine (C=N–C) groups is 1. The Morgan fingerprint density at radius 2 is 1.68 bits per heavy atom. The number of hydrogen-bond donors (Lipinski definition) is 1. The average Bonchev–Trinajstić information content (AvgIpc) is 3.16. The first-order valence-corrected chi connectivity index (χ1v) is 11.3. The number of fused-ring (bicyclic) bond motifs is 2. The van der Waals surface area contributed by atoms with E-state index in [0.29, 0.717) is 13.1 Å². The third kappa shape index (κ3) is 3.71. The van der Waals surface area contributed by atoms with Gasteiger partial charge >= 0.3 is 0 Å². The molecule has 2 aromatic carbocycles. The largest absolute Gasteiger partial charge is 0.355 e. The maximum atomic E-state index is 12.8. The van der Waals surface area contributed by atoms with Gasteiger partial charge in [-0.1, -0.05) is 42.5 Å². The Morgan fingerprint density at radius 3 is 2.46 bits per heavy atom. The van der Waals surface area contributed by atoms with Crippen LogP contribution in [0.3, 0.4) is 0 Å². The normalized spacial score (nSPS) is 16.7. The lowest BCUT2D eigenvalue weighted by molar-refractivity contribution is 0.380. The highest BCUT2D eigenvalue weighted by Crippen LogP contribution is 2.29. The zero-order chi connectivity index (χ0) is 19.6. The Balaban J connectivity index is 1.37. The summed E-state index contributed by atoms with van der Waals surface area (Å²) in [6, 6.07) is 16.2. The molecule has 0 fully saturated rings. The molecule has 7 heteroatoms. The fraction of sp³-hybridized carbons (Fsp3) is 0.381. The molecular weight excluding hydrogens is 372 g/mol. The van der Waals surface area contributed by atoms with Gasteiger partial charge in [0.05, 0.1) is 11.4 Å². The average molecular weight is 399 g/mol. The van der Waals surface area contributed by atoms with Gasteiger partial charge in [0.25, 0.3) is 0 Å². The lowest BCUT2D eigenvalue weighted by atomic mass is 10.0. The van der Waals surface area contributed by atoms with E-state index in [-0.39, 0.29) is 5.75 Å².